The molecule has 36 heavy (non-hydrogen) atoms. The van der Waals surface area contributed by atoms with E-state index in [4.69, 9.17) is 0 Å². The standard InChI is InChI=1S/C30H49N3O3/c1-29(2,3)20-31-27(35)24(16-21-12-8-7-9-13-21)26(34)19-33-18-23-15-11-10-14-22(23)17-25(33)28(36)32-30(4,5)6/h7-9,12-13,22-26,34H,10-11,14-20H2,1-6H3,(H,31,35)(H,32,36)/t22-,23+,24+,25-,26+/m0/s1. The van der Waals surface area contributed by atoms with Crippen LogP contribution in [-0.2, 0) is 16.0 Å². The van der Waals surface area contributed by atoms with Crippen LogP contribution in [0.1, 0.15) is 79.2 Å². The molecular weight excluding hydrogens is 450 g/mol. The molecule has 3 rings (SSSR count). The summed E-state index contributed by atoms with van der Waals surface area (Å²) in [5, 5.41) is 17.8. The first-order chi connectivity index (χ1) is 16.8. The Bertz CT molecular complexity index is 858. The fraction of sp³-hybridized carbons (Fsp3) is 0.733. The minimum atomic E-state index is -0.866. The van der Waals surface area contributed by atoms with E-state index >= 15 is 0 Å². The highest BCUT2D eigenvalue weighted by molar-refractivity contribution is 5.82. The number of fused-ring (bicyclic) bond motifs is 1. The summed E-state index contributed by atoms with van der Waals surface area (Å²) in [4.78, 5) is 28.9. The molecule has 0 aromatic heterocycles. The number of benzene rings is 1. The molecule has 1 saturated heterocycles. The Hall–Kier alpha value is -1.92. The van der Waals surface area contributed by atoms with Gasteiger partial charge in [-0.25, -0.2) is 0 Å². The van der Waals surface area contributed by atoms with E-state index in [1.165, 1.54) is 25.7 Å². The summed E-state index contributed by atoms with van der Waals surface area (Å²) in [7, 11) is 0. The van der Waals surface area contributed by atoms with Gasteiger partial charge in [-0.15, -0.1) is 0 Å². The first-order valence-corrected chi connectivity index (χ1v) is 13.9. The van der Waals surface area contributed by atoms with Gasteiger partial charge in [-0.3, -0.25) is 14.5 Å². The van der Waals surface area contributed by atoms with E-state index in [0.717, 1.165) is 18.5 Å². The number of carbonyl (C=O) groups excluding carboxylic acids is 2. The summed E-state index contributed by atoms with van der Waals surface area (Å²) in [6.07, 6.45) is 5.29. The lowest BCUT2D eigenvalue weighted by Gasteiger charge is -2.47. The lowest BCUT2D eigenvalue weighted by Crippen LogP contribution is -2.59. The van der Waals surface area contributed by atoms with E-state index in [-0.39, 0.29) is 28.8 Å². The van der Waals surface area contributed by atoms with Gasteiger partial charge < -0.3 is 15.7 Å². The Morgan fingerprint density at radius 3 is 2.28 bits per heavy atom. The Labute approximate surface area is 218 Å². The quantitative estimate of drug-likeness (QED) is 0.502. The predicted molar refractivity (Wildman–Crippen MR) is 145 cm³/mol. The van der Waals surface area contributed by atoms with Crippen molar-refractivity contribution in [2.24, 2.45) is 23.2 Å². The molecule has 1 saturated carbocycles. The number of aliphatic hydroxyl groups is 1. The maximum absolute atomic E-state index is 13.4. The molecule has 2 amide bonds. The second-order valence-electron chi connectivity index (χ2n) is 13.4. The SMILES string of the molecule is CC(C)(C)CNC(=O)[C@H](Cc1ccccc1)[C@H](O)CN1C[C@H]2CCCC[C@H]2C[C@H]1C(=O)NC(C)(C)C. The molecular formula is C30H49N3O3. The lowest BCUT2D eigenvalue weighted by atomic mass is 9.72. The molecule has 1 aliphatic carbocycles. The first kappa shape index (κ1) is 28.6. The number of carbonyl (C=O) groups is 2. The number of piperidine rings is 1. The van der Waals surface area contributed by atoms with Crippen LogP contribution in [0.3, 0.4) is 0 Å². The second-order valence-corrected chi connectivity index (χ2v) is 13.4. The van der Waals surface area contributed by atoms with Crippen molar-refractivity contribution < 1.29 is 14.7 Å². The van der Waals surface area contributed by atoms with Gasteiger partial charge >= 0.3 is 0 Å². The number of nitrogens with zero attached hydrogens (tertiary/aromatic N) is 1. The third kappa shape index (κ3) is 8.58. The van der Waals surface area contributed by atoms with Crippen LogP contribution >= 0.6 is 0 Å². The van der Waals surface area contributed by atoms with E-state index in [1.54, 1.807) is 0 Å². The summed E-state index contributed by atoms with van der Waals surface area (Å²) in [5.74, 6) is 0.468. The first-order valence-electron chi connectivity index (χ1n) is 13.9. The minimum Gasteiger partial charge on any atom is -0.391 e. The van der Waals surface area contributed by atoms with Gasteiger partial charge in [0.15, 0.2) is 0 Å². The summed E-state index contributed by atoms with van der Waals surface area (Å²) in [6.45, 7) is 14.0. The molecule has 202 valence electrons. The van der Waals surface area contributed by atoms with E-state index in [0.29, 0.717) is 31.3 Å². The van der Waals surface area contributed by atoms with Crippen LogP contribution in [0.2, 0.25) is 0 Å². The highest BCUT2D eigenvalue weighted by Gasteiger charge is 2.42. The Morgan fingerprint density at radius 2 is 1.67 bits per heavy atom. The van der Waals surface area contributed by atoms with Crippen LogP contribution < -0.4 is 10.6 Å². The molecule has 6 nitrogen and oxygen atoms in total. The molecule has 0 radical (unpaired) electrons. The van der Waals surface area contributed by atoms with Crippen LogP contribution in [-0.4, -0.2) is 59.1 Å². The molecule has 1 heterocycles. The zero-order valence-electron chi connectivity index (χ0n) is 23.3. The average molecular weight is 500 g/mol. The van der Waals surface area contributed by atoms with Crippen LogP contribution in [0.4, 0.5) is 0 Å². The third-order valence-corrected chi connectivity index (χ3v) is 7.62. The monoisotopic (exact) mass is 499 g/mol. The second kappa shape index (κ2) is 12.1. The molecule has 6 heteroatoms. The summed E-state index contributed by atoms with van der Waals surface area (Å²) in [5.41, 5.74) is 0.671. The van der Waals surface area contributed by atoms with E-state index < -0.39 is 12.0 Å². The maximum atomic E-state index is 13.4. The molecule has 0 bridgehead atoms. The van der Waals surface area contributed by atoms with Gasteiger partial charge in [0.25, 0.3) is 0 Å². The van der Waals surface area contributed by atoms with E-state index in [2.05, 4.69) is 36.3 Å². The van der Waals surface area contributed by atoms with Gasteiger partial charge in [-0.05, 0) is 62.8 Å². The smallest absolute Gasteiger partial charge is 0.237 e. The summed E-state index contributed by atoms with van der Waals surface area (Å²) in [6, 6.07) is 9.63. The van der Waals surface area contributed by atoms with Gasteiger partial charge in [-0.1, -0.05) is 70.4 Å². The molecule has 3 N–H and O–H groups in total. The van der Waals surface area contributed by atoms with Gasteiger partial charge in [0.2, 0.25) is 11.8 Å². The van der Waals surface area contributed by atoms with Crippen molar-refractivity contribution in [1.82, 2.24) is 15.5 Å². The number of aliphatic hydroxyl groups excluding tert-OH is 1. The van der Waals surface area contributed by atoms with Crippen molar-refractivity contribution in [2.75, 3.05) is 19.6 Å². The zero-order valence-corrected chi connectivity index (χ0v) is 23.3. The number of rotatable bonds is 8. The van der Waals surface area contributed by atoms with Gasteiger partial charge in [0.1, 0.15) is 0 Å². The molecule has 1 aromatic carbocycles. The highest BCUT2D eigenvalue weighted by atomic mass is 16.3. The fourth-order valence-electron chi connectivity index (χ4n) is 5.75. The molecule has 2 fully saturated rings. The number of amides is 2. The molecule has 1 aromatic rings. The average Bonchev–Trinajstić information content (AvgIpc) is 2.79. The van der Waals surface area contributed by atoms with Crippen LogP contribution in [0.15, 0.2) is 30.3 Å². The molecule has 2 aliphatic rings. The fourth-order valence-corrected chi connectivity index (χ4v) is 5.75. The van der Waals surface area contributed by atoms with Crippen molar-refractivity contribution in [3.05, 3.63) is 35.9 Å². The van der Waals surface area contributed by atoms with Crippen LogP contribution in [0.5, 0.6) is 0 Å². The number of hydrogen-bond donors (Lipinski definition) is 3. The van der Waals surface area contributed by atoms with Gasteiger partial charge in [0.05, 0.1) is 18.1 Å². The lowest BCUT2D eigenvalue weighted by molar-refractivity contribution is -0.134. The predicted octanol–water partition coefficient (Wildman–Crippen LogP) is 4.16. The zero-order chi connectivity index (χ0) is 26.5. The Morgan fingerprint density at radius 1 is 1.03 bits per heavy atom. The number of hydrogen-bond acceptors (Lipinski definition) is 4. The topological polar surface area (TPSA) is 81.7 Å². The molecule has 0 unspecified atom stereocenters. The maximum Gasteiger partial charge on any atom is 0.237 e. The molecule has 1 aliphatic heterocycles. The number of nitrogens with one attached hydrogen (secondary N) is 2. The van der Waals surface area contributed by atoms with Crippen LogP contribution in [0.25, 0.3) is 0 Å². The molecule has 5 atom stereocenters. The molecule has 0 spiro atoms. The highest BCUT2D eigenvalue weighted by Crippen LogP contribution is 2.39. The number of likely N-dealkylation sites (tertiary alicyclic amines) is 1. The van der Waals surface area contributed by atoms with E-state index in [1.807, 2.05) is 51.1 Å². The van der Waals surface area contributed by atoms with Crippen molar-refractivity contribution in [3.63, 3.8) is 0 Å². The van der Waals surface area contributed by atoms with Crippen molar-refractivity contribution >= 4 is 11.8 Å². The summed E-state index contributed by atoms with van der Waals surface area (Å²) >= 11 is 0. The Kier molecular flexibility index (Phi) is 9.62. The van der Waals surface area contributed by atoms with Crippen LogP contribution in [0, 0.1) is 23.2 Å². The Balaban J connectivity index is 1.79. The van der Waals surface area contributed by atoms with Crippen molar-refractivity contribution in [1.29, 1.82) is 0 Å². The van der Waals surface area contributed by atoms with Crippen molar-refractivity contribution in [3.8, 4) is 0 Å². The largest absolute Gasteiger partial charge is 0.391 e. The number of β-amino-alcohol motifs (C(OH)–C–C–N with tert-alkyl or cyclic N) is 1. The normalized spacial score (nSPS) is 24.9. The minimum absolute atomic E-state index is 0.0375. The van der Waals surface area contributed by atoms with Crippen molar-refractivity contribution in [2.45, 2.75) is 97.8 Å². The summed E-state index contributed by atoms with van der Waals surface area (Å²) < 4.78 is 0. The van der Waals surface area contributed by atoms with E-state index in [9.17, 15) is 14.7 Å². The van der Waals surface area contributed by atoms with Gasteiger partial charge in [0, 0.05) is 25.2 Å². The van der Waals surface area contributed by atoms with Gasteiger partial charge in [-0.2, -0.15) is 0 Å². The third-order valence-electron chi connectivity index (χ3n) is 7.62.